The largest absolute Gasteiger partial charge is 0.445 e. The standard InChI is InChI=1S/C16H14Cl2N4OS3/c1-2-9-6-19-12(23-9)8-25-13-7-20-16(26-13)22-15(24)21-14-10(17)4-3-5-11(14)18/h3-7H,2,8H2,1H3,(H2,20,21,22,24). The van der Waals surface area contributed by atoms with Gasteiger partial charge in [-0.1, -0.05) is 47.5 Å². The molecule has 26 heavy (non-hydrogen) atoms. The molecule has 0 aliphatic rings. The maximum atomic E-state index is 6.13. The summed E-state index contributed by atoms with van der Waals surface area (Å²) in [6, 6.07) is 5.25. The maximum Gasteiger partial charge on any atom is 0.204 e. The lowest BCUT2D eigenvalue weighted by Crippen LogP contribution is -2.19. The number of nitrogens with one attached hydrogen (secondary N) is 2. The van der Waals surface area contributed by atoms with E-state index < -0.39 is 0 Å². The molecule has 2 heterocycles. The lowest BCUT2D eigenvalue weighted by atomic mass is 10.3. The van der Waals surface area contributed by atoms with Gasteiger partial charge in [0.2, 0.25) is 5.89 Å². The second-order valence-corrected chi connectivity index (χ2v) is 8.55. The molecule has 0 atom stereocenters. The van der Waals surface area contributed by atoms with Crippen molar-refractivity contribution < 1.29 is 4.42 Å². The van der Waals surface area contributed by atoms with Crippen LogP contribution >= 0.6 is 58.5 Å². The molecule has 0 saturated carbocycles. The summed E-state index contributed by atoms with van der Waals surface area (Å²) < 4.78 is 6.63. The number of thioether (sulfide) groups is 1. The fourth-order valence-corrected chi connectivity index (χ4v) is 4.44. The van der Waals surface area contributed by atoms with Crippen molar-refractivity contribution in [2.75, 3.05) is 10.6 Å². The van der Waals surface area contributed by atoms with Gasteiger partial charge in [0.1, 0.15) is 5.76 Å². The molecular formula is C16H14Cl2N4OS3. The van der Waals surface area contributed by atoms with Gasteiger partial charge in [-0.2, -0.15) is 0 Å². The van der Waals surface area contributed by atoms with E-state index in [0.717, 1.165) is 16.4 Å². The Labute approximate surface area is 174 Å². The summed E-state index contributed by atoms with van der Waals surface area (Å²) in [5, 5.41) is 8.06. The zero-order valence-electron chi connectivity index (χ0n) is 13.6. The van der Waals surface area contributed by atoms with Gasteiger partial charge in [0.05, 0.1) is 38.1 Å². The van der Waals surface area contributed by atoms with Crippen LogP contribution in [0.4, 0.5) is 10.8 Å². The van der Waals surface area contributed by atoms with Gasteiger partial charge in [-0.3, -0.25) is 0 Å². The molecule has 2 N–H and O–H groups in total. The first-order valence-electron chi connectivity index (χ1n) is 7.59. The Kier molecular flexibility index (Phi) is 6.77. The molecule has 0 fully saturated rings. The maximum absolute atomic E-state index is 6.13. The molecule has 10 heteroatoms. The second-order valence-electron chi connectivity index (χ2n) is 5.02. The monoisotopic (exact) mass is 444 g/mol. The number of thiocarbonyl (C=S) groups is 1. The van der Waals surface area contributed by atoms with Crippen molar-refractivity contribution in [2.24, 2.45) is 0 Å². The van der Waals surface area contributed by atoms with Crippen LogP contribution in [-0.4, -0.2) is 15.1 Å². The van der Waals surface area contributed by atoms with Crippen LogP contribution < -0.4 is 10.6 Å². The van der Waals surface area contributed by atoms with Crippen LogP contribution in [0.25, 0.3) is 0 Å². The van der Waals surface area contributed by atoms with E-state index in [1.54, 1.807) is 42.4 Å². The highest BCUT2D eigenvalue weighted by atomic mass is 35.5. The van der Waals surface area contributed by atoms with Crippen LogP contribution in [0.1, 0.15) is 18.6 Å². The first-order valence-corrected chi connectivity index (χ1v) is 10.6. The van der Waals surface area contributed by atoms with Crippen molar-refractivity contribution in [1.29, 1.82) is 0 Å². The zero-order chi connectivity index (χ0) is 18.5. The van der Waals surface area contributed by atoms with Crippen molar-refractivity contribution in [3.8, 4) is 0 Å². The summed E-state index contributed by atoms with van der Waals surface area (Å²) in [6.45, 7) is 2.03. The summed E-state index contributed by atoms with van der Waals surface area (Å²) in [5.41, 5.74) is 0.565. The minimum atomic E-state index is 0.367. The third-order valence-electron chi connectivity index (χ3n) is 3.19. The van der Waals surface area contributed by atoms with Crippen molar-refractivity contribution in [3.05, 3.63) is 52.3 Å². The fraction of sp³-hybridized carbons (Fsp3) is 0.188. The number of rotatable bonds is 6. The van der Waals surface area contributed by atoms with E-state index in [0.29, 0.717) is 37.6 Å². The summed E-state index contributed by atoms with van der Waals surface area (Å²) >= 11 is 20.7. The van der Waals surface area contributed by atoms with E-state index in [-0.39, 0.29) is 0 Å². The molecule has 1 aromatic carbocycles. The molecular weight excluding hydrogens is 431 g/mol. The van der Waals surface area contributed by atoms with Crippen molar-refractivity contribution >= 4 is 74.4 Å². The van der Waals surface area contributed by atoms with Gasteiger partial charge < -0.3 is 15.1 Å². The number of aryl methyl sites for hydroxylation is 1. The fourth-order valence-electron chi connectivity index (χ4n) is 1.95. The van der Waals surface area contributed by atoms with Crippen LogP contribution in [0.15, 0.2) is 39.2 Å². The molecule has 0 bridgehead atoms. The first kappa shape index (κ1) is 19.4. The third-order valence-corrected chi connectivity index (χ3v) is 6.12. The van der Waals surface area contributed by atoms with E-state index in [1.165, 1.54) is 11.3 Å². The smallest absolute Gasteiger partial charge is 0.204 e. The molecule has 0 spiro atoms. The van der Waals surface area contributed by atoms with Gasteiger partial charge >= 0.3 is 0 Å². The number of aromatic nitrogens is 2. The summed E-state index contributed by atoms with van der Waals surface area (Å²) in [4.78, 5) is 8.56. The number of anilines is 2. The Morgan fingerprint density at radius 3 is 2.69 bits per heavy atom. The summed E-state index contributed by atoms with van der Waals surface area (Å²) in [5.74, 6) is 2.25. The van der Waals surface area contributed by atoms with Gasteiger partial charge in [0, 0.05) is 6.42 Å². The second kappa shape index (κ2) is 9.05. The Balaban J connectivity index is 1.55. The quantitative estimate of drug-likeness (QED) is 0.351. The predicted octanol–water partition coefficient (Wildman–Crippen LogP) is 6.10. The number of hydrogen-bond acceptors (Lipinski definition) is 6. The van der Waals surface area contributed by atoms with Gasteiger partial charge in [-0.05, 0) is 24.4 Å². The number of nitrogens with zero attached hydrogens (tertiary/aromatic N) is 2. The summed E-state index contributed by atoms with van der Waals surface area (Å²) in [6.07, 6.45) is 4.39. The van der Waals surface area contributed by atoms with Crippen molar-refractivity contribution in [1.82, 2.24) is 9.97 Å². The molecule has 0 radical (unpaired) electrons. The van der Waals surface area contributed by atoms with Crippen molar-refractivity contribution in [2.45, 2.75) is 23.3 Å². The first-order chi connectivity index (χ1) is 12.5. The van der Waals surface area contributed by atoms with E-state index in [1.807, 2.05) is 6.92 Å². The molecule has 3 rings (SSSR count). The average molecular weight is 445 g/mol. The molecule has 5 nitrogen and oxygen atoms in total. The highest BCUT2D eigenvalue weighted by molar-refractivity contribution is 8.00. The number of hydrogen-bond donors (Lipinski definition) is 2. The molecule has 2 aromatic heterocycles. The van der Waals surface area contributed by atoms with Gasteiger partial charge in [0.25, 0.3) is 0 Å². The Bertz CT molecular complexity index is 892. The lowest BCUT2D eigenvalue weighted by molar-refractivity contribution is 0.476. The van der Waals surface area contributed by atoms with E-state index in [9.17, 15) is 0 Å². The average Bonchev–Trinajstić information content (AvgIpc) is 3.25. The SMILES string of the molecule is CCc1cnc(CSc2cnc(NC(=S)Nc3c(Cl)cccc3Cl)s2)o1. The molecule has 3 aromatic rings. The van der Waals surface area contributed by atoms with E-state index in [2.05, 4.69) is 20.6 Å². The molecule has 0 unspecified atom stereocenters. The van der Waals surface area contributed by atoms with Crippen LogP contribution in [0.2, 0.25) is 10.0 Å². The Morgan fingerprint density at radius 2 is 2.00 bits per heavy atom. The zero-order valence-corrected chi connectivity index (χ0v) is 17.5. The van der Waals surface area contributed by atoms with Crippen LogP contribution in [0.3, 0.4) is 0 Å². The van der Waals surface area contributed by atoms with Crippen LogP contribution in [0, 0.1) is 0 Å². The molecule has 136 valence electrons. The van der Waals surface area contributed by atoms with Gasteiger partial charge in [0.15, 0.2) is 10.2 Å². The molecule has 0 saturated heterocycles. The third kappa shape index (κ3) is 5.11. The Hall–Kier alpha value is -1.32. The minimum Gasteiger partial charge on any atom is -0.445 e. The number of oxazole rings is 1. The molecule has 0 aliphatic heterocycles. The highest BCUT2D eigenvalue weighted by Gasteiger charge is 2.10. The number of para-hydroxylation sites is 1. The van der Waals surface area contributed by atoms with Gasteiger partial charge in [-0.25, -0.2) is 9.97 Å². The topological polar surface area (TPSA) is 63.0 Å². The Morgan fingerprint density at radius 1 is 1.23 bits per heavy atom. The molecule has 0 amide bonds. The normalized spacial score (nSPS) is 10.7. The van der Waals surface area contributed by atoms with Crippen LogP contribution in [-0.2, 0) is 12.2 Å². The van der Waals surface area contributed by atoms with Crippen LogP contribution in [0.5, 0.6) is 0 Å². The highest BCUT2D eigenvalue weighted by Crippen LogP contribution is 2.32. The van der Waals surface area contributed by atoms with E-state index >= 15 is 0 Å². The molecule has 0 aliphatic carbocycles. The predicted molar refractivity (Wildman–Crippen MR) is 114 cm³/mol. The lowest BCUT2D eigenvalue weighted by Gasteiger charge is -2.11. The summed E-state index contributed by atoms with van der Waals surface area (Å²) in [7, 11) is 0. The van der Waals surface area contributed by atoms with Crippen molar-refractivity contribution in [3.63, 3.8) is 0 Å². The number of halogens is 2. The van der Waals surface area contributed by atoms with Gasteiger partial charge in [-0.15, -0.1) is 11.8 Å². The number of benzene rings is 1. The minimum absolute atomic E-state index is 0.367. The number of thiazole rings is 1. The van der Waals surface area contributed by atoms with E-state index in [4.69, 9.17) is 39.8 Å².